The van der Waals surface area contributed by atoms with E-state index in [0.29, 0.717) is 16.0 Å². The summed E-state index contributed by atoms with van der Waals surface area (Å²) in [4.78, 5) is 0.186. The highest BCUT2D eigenvalue weighted by atomic mass is 79.9. The lowest BCUT2D eigenvalue weighted by Crippen LogP contribution is -2.13. The Morgan fingerprint density at radius 2 is 1.42 bits per heavy atom. The van der Waals surface area contributed by atoms with Crippen molar-refractivity contribution in [2.45, 2.75) is 9.79 Å². The fourth-order valence-corrected chi connectivity index (χ4v) is 4.80. The number of hydrogen-bond donors (Lipinski definition) is 2. The van der Waals surface area contributed by atoms with E-state index in [4.69, 9.17) is 5.14 Å². The molecule has 0 aliphatic heterocycles. The zero-order valence-electron chi connectivity index (χ0n) is 13.1. The number of primary sulfonamides is 1. The maximum atomic E-state index is 14.1. The fraction of sp³-hybridized carbons (Fsp3) is 0. The molecule has 0 saturated heterocycles. The van der Waals surface area contributed by atoms with Gasteiger partial charge in [-0.05, 0) is 58.7 Å². The van der Waals surface area contributed by atoms with E-state index in [9.17, 15) is 12.8 Å². The summed E-state index contributed by atoms with van der Waals surface area (Å²) in [6, 6.07) is 15.2. The van der Waals surface area contributed by atoms with Crippen LogP contribution in [0.5, 0.6) is 0 Å². The molecule has 0 fully saturated rings. The van der Waals surface area contributed by atoms with E-state index in [1.54, 1.807) is 6.07 Å². The zero-order valence-corrected chi connectivity index (χ0v) is 18.0. The van der Waals surface area contributed by atoms with Gasteiger partial charge in [0, 0.05) is 13.8 Å². The summed E-state index contributed by atoms with van der Waals surface area (Å²) in [7, 11) is -4.09. The number of nitrogens with two attached hydrogens (primary N) is 1. The molecule has 26 heavy (non-hydrogen) atoms. The maximum Gasteiger partial charge on any atom is 0.240 e. The Morgan fingerprint density at radius 1 is 0.846 bits per heavy atom. The normalized spacial score (nSPS) is 11.6. The van der Waals surface area contributed by atoms with Crippen LogP contribution < -0.4 is 5.14 Å². The van der Waals surface area contributed by atoms with Crippen molar-refractivity contribution < 1.29 is 12.8 Å². The number of hydrogen-bond acceptors (Lipinski definition) is 3. The molecule has 0 saturated carbocycles. The Balaban J connectivity index is 2.04. The van der Waals surface area contributed by atoms with Crippen molar-refractivity contribution in [2.75, 3.05) is 0 Å². The third kappa shape index (κ3) is 4.20. The van der Waals surface area contributed by atoms with Crippen LogP contribution in [0, 0.1) is 5.82 Å². The first-order chi connectivity index (χ1) is 12.1. The molecule has 0 radical (unpaired) electrons. The molecule has 3 nitrogen and oxygen atoms in total. The molecule has 3 aromatic carbocycles. The zero-order chi connectivity index (χ0) is 19.1. The number of rotatable bonds is 3. The van der Waals surface area contributed by atoms with Gasteiger partial charge in [-0.1, -0.05) is 50.1 Å². The van der Waals surface area contributed by atoms with Crippen LogP contribution in [0.25, 0.3) is 22.3 Å². The van der Waals surface area contributed by atoms with Crippen LogP contribution in [0.2, 0.25) is 0 Å². The van der Waals surface area contributed by atoms with Crippen molar-refractivity contribution in [1.82, 2.24) is 0 Å². The SMILES string of the molecule is NS(=O)(=O)c1ccc(-c2ccc(-c3cc(Br)cc(Br)c3)c(S)c2)cc1F. The quantitative estimate of drug-likeness (QED) is 0.444. The average Bonchev–Trinajstić information content (AvgIpc) is 2.52. The summed E-state index contributed by atoms with van der Waals surface area (Å²) in [5, 5.41) is 4.99. The molecule has 0 amide bonds. The Bertz CT molecular complexity index is 1100. The average molecular weight is 517 g/mol. The van der Waals surface area contributed by atoms with Gasteiger partial charge in [0.2, 0.25) is 10.0 Å². The van der Waals surface area contributed by atoms with Crippen LogP contribution in [-0.2, 0) is 10.0 Å². The minimum atomic E-state index is -4.09. The summed E-state index contributed by atoms with van der Waals surface area (Å²) in [6.07, 6.45) is 0. The molecule has 0 atom stereocenters. The van der Waals surface area contributed by atoms with Gasteiger partial charge in [0.1, 0.15) is 10.7 Å². The molecule has 0 aliphatic rings. The van der Waals surface area contributed by atoms with Crippen LogP contribution in [0.15, 0.2) is 73.3 Å². The van der Waals surface area contributed by atoms with Gasteiger partial charge in [-0.25, -0.2) is 17.9 Å². The fourth-order valence-electron chi connectivity index (χ4n) is 2.58. The lowest BCUT2D eigenvalue weighted by atomic mass is 10.00. The monoisotopic (exact) mass is 515 g/mol. The molecule has 2 N–H and O–H groups in total. The van der Waals surface area contributed by atoms with Crippen molar-refractivity contribution in [1.29, 1.82) is 0 Å². The molecular weight excluding hydrogens is 505 g/mol. The number of benzene rings is 3. The van der Waals surface area contributed by atoms with Crippen LogP contribution in [0.3, 0.4) is 0 Å². The molecule has 0 bridgehead atoms. The number of halogens is 3. The summed E-state index contributed by atoms with van der Waals surface area (Å²) in [6.45, 7) is 0. The number of sulfonamides is 1. The molecule has 3 rings (SSSR count). The molecule has 0 heterocycles. The smallest absolute Gasteiger partial charge is 0.225 e. The second-order valence-electron chi connectivity index (χ2n) is 5.58. The Kier molecular flexibility index (Phi) is 5.60. The molecule has 8 heteroatoms. The van der Waals surface area contributed by atoms with E-state index < -0.39 is 20.7 Å². The first-order valence-corrected chi connectivity index (χ1v) is 10.9. The summed E-state index contributed by atoms with van der Waals surface area (Å²) in [5.41, 5.74) is 3.14. The van der Waals surface area contributed by atoms with E-state index in [0.717, 1.165) is 32.2 Å². The van der Waals surface area contributed by atoms with Crippen LogP contribution in [0.4, 0.5) is 4.39 Å². The Hall–Kier alpha value is -1.19. The van der Waals surface area contributed by atoms with E-state index in [-0.39, 0.29) is 0 Å². The summed E-state index contributed by atoms with van der Waals surface area (Å²) in [5.74, 6) is -0.884. The molecule has 0 aromatic heterocycles. The van der Waals surface area contributed by atoms with Gasteiger partial charge in [0.25, 0.3) is 0 Å². The van der Waals surface area contributed by atoms with Crippen molar-refractivity contribution in [3.8, 4) is 22.3 Å². The van der Waals surface area contributed by atoms with Gasteiger partial charge in [-0.3, -0.25) is 0 Å². The minimum Gasteiger partial charge on any atom is -0.225 e. The van der Waals surface area contributed by atoms with Gasteiger partial charge < -0.3 is 0 Å². The summed E-state index contributed by atoms with van der Waals surface area (Å²) >= 11 is 11.5. The van der Waals surface area contributed by atoms with Crippen LogP contribution in [0.1, 0.15) is 0 Å². The van der Waals surface area contributed by atoms with Crippen molar-refractivity contribution >= 4 is 54.5 Å². The highest BCUT2D eigenvalue weighted by molar-refractivity contribution is 9.11. The predicted molar refractivity (Wildman–Crippen MR) is 111 cm³/mol. The second kappa shape index (κ2) is 7.44. The van der Waals surface area contributed by atoms with E-state index in [2.05, 4.69) is 44.5 Å². The van der Waals surface area contributed by atoms with Crippen LogP contribution >= 0.6 is 44.5 Å². The molecular formula is C18H12Br2FNO2S2. The highest BCUT2D eigenvalue weighted by Crippen LogP contribution is 2.34. The minimum absolute atomic E-state index is 0.525. The Morgan fingerprint density at radius 3 is 1.96 bits per heavy atom. The van der Waals surface area contributed by atoms with Crippen LogP contribution in [-0.4, -0.2) is 8.42 Å². The third-order valence-electron chi connectivity index (χ3n) is 3.74. The molecule has 0 unspecified atom stereocenters. The molecule has 134 valence electrons. The van der Waals surface area contributed by atoms with Crippen molar-refractivity contribution in [3.05, 3.63) is 69.4 Å². The molecule has 0 spiro atoms. The van der Waals surface area contributed by atoms with Gasteiger partial charge in [-0.15, -0.1) is 12.6 Å². The molecule has 0 aliphatic carbocycles. The van der Waals surface area contributed by atoms with Gasteiger partial charge >= 0.3 is 0 Å². The van der Waals surface area contributed by atoms with E-state index in [1.165, 1.54) is 6.07 Å². The maximum absolute atomic E-state index is 14.1. The number of thiol groups is 1. The van der Waals surface area contributed by atoms with Crippen molar-refractivity contribution in [2.24, 2.45) is 5.14 Å². The van der Waals surface area contributed by atoms with Gasteiger partial charge in [-0.2, -0.15) is 0 Å². The van der Waals surface area contributed by atoms with Gasteiger partial charge in [0.05, 0.1) is 0 Å². The third-order valence-corrected chi connectivity index (χ3v) is 5.97. The Labute approximate surface area is 173 Å². The topological polar surface area (TPSA) is 60.2 Å². The predicted octanol–water partition coefficient (Wildman–Crippen LogP) is 5.62. The highest BCUT2D eigenvalue weighted by Gasteiger charge is 2.15. The van der Waals surface area contributed by atoms with E-state index in [1.807, 2.05) is 30.3 Å². The lowest BCUT2D eigenvalue weighted by Gasteiger charge is -2.10. The second-order valence-corrected chi connectivity index (χ2v) is 9.42. The standard InChI is InChI=1S/C18H12Br2FNO2S2/c19-13-5-12(6-14(20)9-13)15-3-1-11(8-17(15)25)10-2-4-18(16(21)7-10)26(22,23)24/h1-9,25H,(H2,22,23,24). The van der Waals surface area contributed by atoms with Gasteiger partial charge in [0.15, 0.2) is 0 Å². The summed E-state index contributed by atoms with van der Waals surface area (Å²) < 4.78 is 38.6. The first kappa shape index (κ1) is 19.6. The van der Waals surface area contributed by atoms with E-state index >= 15 is 0 Å². The lowest BCUT2D eigenvalue weighted by molar-refractivity contribution is 0.568. The van der Waals surface area contributed by atoms with Crippen molar-refractivity contribution in [3.63, 3.8) is 0 Å². The largest absolute Gasteiger partial charge is 0.240 e. The first-order valence-electron chi connectivity index (χ1n) is 7.27. The molecule has 3 aromatic rings.